The van der Waals surface area contributed by atoms with E-state index in [9.17, 15) is 4.79 Å². The summed E-state index contributed by atoms with van der Waals surface area (Å²) < 4.78 is 2.08. The van der Waals surface area contributed by atoms with E-state index >= 15 is 0 Å². The highest BCUT2D eigenvalue weighted by molar-refractivity contribution is 7.99. The third-order valence-electron chi connectivity index (χ3n) is 2.92. The number of rotatable bonds is 7. The van der Waals surface area contributed by atoms with Crippen LogP contribution in [0, 0.1) is 0 Å². The van der Waals surface area contributed by atoms with Crippen LogP contribution < -0.4 is 5.32 Å². The average Bonchev–Trinajstić information content (AvgIpc) is 3.27. The molecule has 0 fully saturated rings. The summed E-state index contributed by atoms with van der Waals surface area (Å²) in [5.74, 6) is 1.06. The van der Waals surface area contributed by atoms with E-state index in [-0.39, 0.29) is 11.7 Å². The van der Waals surface area contributed by atoms with Crippen molar-refractivity contribution in [3.63, 3.8) is 0 Å². The highest BCUT2D eigenvalue weighted by Gasteiger charge is 2.16. The predicted molar refractivity (Wildman–Crippen MR) is 95.1 cm³/mol. The number of hydrogen-bond acceptors (Lipinski definition) is 7. The molecule has 0 radical (unpaired) electrons. The number of thiazole rings is 1. The smallest absolute Gasteiger partial charge is 0.236 e. The van der Waals surface area contributed by atoms with E-state index in [1.165, 1.54) is 23.1 Å². The molecule has 0 spiro atoms. The molecule has 3 aromatic heterocycles. The zero-order valence-electron chi connectivity index (χ0n) is 12.4. The molecule has 0 aromatic carbocycles. The first kappa shape index (κ1) is 16.2. The van der Waals surface area contributed by atoms with Gasteiger partial charge in [0, 0.05) is 18.1 Å². The molecule has 3 rings (SSSR count). The second kappa shape index (κ2) is 7.71. The Morgan fingerprint density at radius 1 is 1.35 bits per heavy atom. The molecule has 0 saturated carbocycles. The van der Waals surface area contributed by atoms with Gasteiger partial charge < -0.3 is 9.88 Å². The number of carbonyl (C=O) groups excluding carboxylic acids is 1. The molecule has 0 bridgehead atoms. The Morgan fingerprint density at radius 2 is 2.26 bits per heavy atom. The highest BCUT2D eigenvalue weighted by atomic mass is 32.2. The predicted octanol–water partition coefficient (Wildman–Crippen LogP) is 3.60. The van der Waals surface area contributed by atoms with Crippen LogP contribution >= 0.6 is 34.4 Å². The van der Waals surface area contributed by atoms with Gasteiger partial charge in [-0.15, -0.1) is 32.9 Å². The molecule has 0 unspecified atom stereocenters. The normalized spacial score (nSPS) is 10.8. The molecule has 0 aliphatic rings. The Hall–Kier alpha value is -1.71. The number of thiophene rings is 1. The van der Waals surface area contributed by atoms with Crippen molar-refractivity contribution in [2.45, 2.75) is 25.0 Å². The van der Waals surface area contributed by atoms with Crippen LogP contribution in [0.15, 0.2) is 34.2 Å². The summed E-state index contributed by atoms with van der Waals surface area (Å²) in [7, 11) is 0. The van der Waals surface area contributed by atoms with Crippen molar-refractivity contribution in [2.24, 2.45) is 0 Å². The fraction of sp³-hybridized carbons (Fsp3) is 0.286. The Bertz CT molecular complexity index is 752. The monoisotopic (exact) mass is 365 g/mol. The van der Waals surface area contributed by atoms with Crippen molar-refractivity contribution < 1.29 is 4.79 Å². The summed E-state index contributed by atoms with van der Waals surface area (Å²) in [5.41, 5.74) is 0. The van der Waals surface area contributed by atoms with Crippen LogP contribution in [0.25, 0.3) is 10.7 Å². The molecule has 3 aromatic rings. The Balaban J connectivity index is 1.69. The maximum absolute atomic E-state index is 12.0. The molecule has 6 nitrogen and oxygen atoms in total. The van der Waals surface area contributed by atoms with Crippen LogP contribution in [0.5, 0.6) is 0 Å². The van der Waals surface area contributed by atoms with Crippen molar-refractivity contribution in [3.8, 4) is 10.7 Å². The number of hydrogen-bond donors (Lipinski definition) is 1. The van der Waals surface area contributed by atoms with Gasteiger partial charge in [0.15, 0.2) is 16.1 Å². The van der Waals surface area contributed by atoms with E-state index in [1.54, 1.807) is 17.5 Å². The van der Waals surface area contributed by atoms with Crippen molar-refractivity contribution in [2.75, 3.05) is 11.1 Å². The Kier molecular flexibility index (Phi) is 5.42. The summed E-state index contributed by atoms with van der Waals surface area (Å²) in [6.45, 7) is 2.94. The van der Waals surface area contributed by atoms with E-state index < -0.39 is 0 Å². The minimum Gasteiger partial charge on any atom is -0.301 e. The molecule has 0 aliphatic heterocycles. The SMILES string of the molecule is CCCn1c(SCC(=O)Nc2nccs2)nnc1-c1cccs1. The highest BCUT2D eigenvalue weighted by Crippen LogP contribution is 2.27. The maximum Gasteiger partial charge on any atom is 0.236 e. The molecule has 9 heteroatoms. The molecular formula is C14H15N5OS3. The van der Waals surface area contributed by atoms with Gasteiger partial charge in [-0.3, -0.25) is 4.79 Å². The number of nitrogens with zero attached hydrogens (tertiary/aromatic N) is 4. The lowest BCUT2D eigenvalue weighted by molar-refractivity contribution is -0.113. The average molecular weight is 366 g/mol. The first-order chi connectivity index (χ1) is 11.3. The molecule has 1 amide bonds. The molecule has 3 heterocycles. The molecule has 23 heavy (non-hydrogen) atoms. The van der Waals surface area contributed by atoms with Gasteiger partial charge in [0.1, 0.15) is 0 Å². The van der Waals surface area contributed by atoms with Crippen LogP contribution in [0.3, 0.4) is 0 Å². The number of amides is 1. The van der Waals surface area contributed by atoms with Crippen LogP contribution in [-0.2, 0) is 11.3 Å². The van der Waals surface area contributed by atoms with Crippen molar-refractivity contribution in [1.29, 1.82) is 0 Å². The van der Waals surface area contributed by atoms with Crippen LogP contribution in [0.1, 0.15) is 13.3 Å². The second-order valence-corrected chi connectivity index (χ2v) is 7.39. The largest absolute Gasteiger partial charge is 0.301 e. The van der Waals surface area contributed by atoms with Crippen molar-refractivity contribution >= 4 is 45.5 Å². The van der Waals surface area contributed by atoms with Crippen LogP contribution in [-0.4, -0.2) is 31.4 Å². The zero-order valence-corrected chi connectivity index (χ0v) is 14.9. The maximum atomic E-state index is 12.0. The lowest BCUT2D eigenvalue weighted by Crippen LogP contribution is -2.14. The van der Waals surface area contributed by atoms with Gasteiger partial charge in [0.2, 0.25) is 5.91 Å². The van der Waals surface area contributed by atoms with E-state index in [4.69, 9.17) is 0 Å². The second-order valence-electron chi connectivity index (χ2n) is 4.61. The van der Waals surface area contributed by atoms with Gasteiger partial charge in [-0.25, -0.2) is 4.98 Å². The quantitative estimate of drug-likeness (QED) is 0.648. The number of carbonyl (C=O) groups is 1. The zero-order chi connectivity index (χ0) is 16.1. The minimum atomic E-state index is -0.0892. The van der Waals surface area contributed by atoms with Crippen LogP contribution in [0.2, 0.25) is 0 Å². The van der Waals surface area contributed by atoms with E-state index in [1.807, 2.05) is 22.9 Å². The third-order valence-corrected chi connectivity index (χ3v) is 5.44. The van der Waals surface area contributed by atoms with Crippen molar-refractivity contribution in [3.05, 3.63) is 29.1 Å². The molecule has 0 aliphatic carbocycles. The van der Waals surface area contributed by atoms with Gasteiger partial charge in [-0.1, -0.05) is 24.8 Å². The van der Waals surface area contributed by atoms with E-state index in [2.05, 4.69) is 32.0 Å². The molecular weight excluding hydrogens is 350 g/mol. The van der Waals surface area contributed by atoms with Gasteiger partial charge >= 0.3 is 0 Å². The molecule has 1 N–H and O–H groups in total. The van der Waals surface area contributed by atoms with Gasteiger partial charge in [0.25, 0.3) is 0 Å². The summed E-state index contributed by atoms with van der Waals surface area (Å²) in [4.78, 5) is 17.1. The number of anilines is 1. The van der Waals surface area contributed by atoms with Crippen LogP contribution in [0.4, 0.5) is 5.13 Å². The minimum absolute atomic E-state index is 0.0892. The standard InChI is InChI=1S/C14H15N5OS3/c1-2-6-19-12(10-4-3-7-21-10)17-18-14(19)23-9-11(20)16-13-15-5-8-22-13/h3-5,7-8H,2,6,9H2,1H3,(H,15,16,20). The molecule has 0 saturated heterocycles. The fourth-order valence-corrected chi connectivity index (χ4v) is 4.01. The number of nitrogens with one attached hydrogen (secondary N) is 1. The van der Waals surface area contributed by atoms with Gasteiger partial charge in [-0.05, 0) is 17.9 Å². The van der Waals surface area contributed by atoms with Gasteiger partial charge in [-0.2, -0.15) is 0 Å². The summed E-state index contributed by atoms with van der Waals surface area (Å²) in [5, 5.41) is 16.5. The Labute approximate surface area is 146 Å². The number of aromatic nitrogens is 4. The topological polar surface area (TPSA) is 72.7 Å². The first-order valence-electron chi connectivity index (χ1n) is 7.07. The van der Waals surface area contributed by atoms with E-state index in [0.717, 1.165) is 28.8 Å². The summed E-state index contributed by atoms with van der Waals surface area (Å²) in [6, 6.07) is 4.03. The van der Waals surface area contributed by atoms with Gasteiger partial charge in [0.05, 0.1) is 10.6 Å². The summed E-state index contributed by atoms with van der Waals surface area (Å²) in [6.07, 6.45) is 2.65. The lowest BCUT2D eigenvalue weighted by Gasteiger charge is -2.07. The third kappa shape index (κ3) is 3.98. The van der Waals surface area contributed by atoms with E-state index in [0.29, 0.717) is 5.13 Å². The molecule has 120 valence electrons. The lowest BCUT2D eigenvalue weighted by atomic mass is 10.4. The Morgan fingerprint density at radius 3 is 2.96 bits per heavy atom. The first-order valence-corrected chi connectivity index (χ1v) is 9.81. The number of thioether (sulfide) groups is 1. The fourth-order valence-electron chi connectivity index (χ4n) is 1.98. The molecule has 0 atom stereocenters. The van der Waals surface area contributed by atoms with Crippen molar-refractivity contribution in [1.82, 2.24) is 19.7 Å². The summed E-state index contributed by atoms with van der Waals surface area (Å²) >= 11 is 4.43.